The fraction of sp³-hybridized carbons (Fsp3) is 0.148. The third-order valence-corrected chi connectivity index (χ3v) is 6.51. The lowest BCUT2D eigenvalue weighted by molar-refractivity contribution is -0.142. The number of nitrogens with one attached hydrogen (secondary N) is 3. The highest BCUT2D eigenvalue weighted by molar-refractivity contribution is 6.09. The molecule has 0 aliphatic rings. The number of H-pyrrole nitrogens is 2. The number of aromatic nitrogens is 7. The number of benzene rings is 2. The molecule has 0 saturated carbocycles. The summed E-state index contributed by atoms with van der Waals surface area (Å²) in [6.07, 6.45) is -5.85. The number of aromatic amines is 2. The number of anilines is 1. The van der Waals surface area contributed by atoms with Gasteiger partial charge in [0.25, 0.3) is 5.91 Å². The largest absolute Gasteiger partial charge is 0.477 e. The maximum Gasteiger partial charge on any atom is 0.435 e. The number of fused-ring (bicyclic) bond motifs is 2. The number of rotatable bonds is 4. The third kappa shape index (κ3) is 5.83. The number of aryl methyl sites for hydroxylation is 2. The van der Waals surface area contributed by atoms with E-state index in [1.165, 1.54) is 7.05 Å². The molecule has 1 amide bonds. The van der Waals surface area contributed by atoms with E-state index in [2.05, 4.69) is 30.7 Å². The van der Waals surface area contributed by atoms with Gasteiger partial charge in [0.2, 0.25) is 0 Å². The average molecular weight is 618 g/mol. The third-order valence-electron chi connectivity index (χ3n) is 6.51. The summed E-state index contributed by atoms with van der Waals surface area (Å²) < 4.78 is 76.4. The molecule has 0 saturated heterocycles. The molecule has 4 aromatic heterocycles. The van der Waals surface area contributed by atoms with Gasteiger partial charge in [0, 0.05) is 48.7 Å². The number of carboxylic acid groups (broad SMARTS) is 1. The first-order valence-electron chi connectivity index (χ1n) is 12.4. The van der Waals surface area contributed by atoms with Gasteiger partial charge in [-0.05, 0) is 35.4 Å². The van der Waals surface area contributed by atoms with Gasteiger partial charge in [-0.2, -0.15) is 41.6 Å². The number of aromatic carboxylic acids is 1. The van der Waals surface area contributed by atoms with Gasteiger partial charge in [0.1, 0.15) is 11.4 Å². The van der Waals surface area contributed by atoms with Gasteiger partial charge >= 0.3 is 18.3 Å². The van der Waals surface area contributed by atoms with Crippen LogP contribution in [-0.2, 0) is 26.4 Å². The van der Waals surface area contributed by atoms with E-state index in [-0.39, 0.29) is 5.69 Å². The molecule has 0 radical (unpaired) electrons. The Kier molecular flexibility index (Phi) is 7.40. The minimum Gasteiger partial charge on any atom is -0.477 e. The Balaban J connectivity index is 0.000000249. The molecule has 0 unspecified atom stereocenters. The monoisotopic (exact) mass is 618 g/mol. The summed E-state index contributed by atoms with van der Waals surface area (Å²) in [5.74, 6) is -2.14. The Labute approximate surface area is 242 Å². The molecule has 11 nitrogen and oxygen atoms in total. The Morgan fingerprint density at radius 1 is 0.841 bits per heavy atom. The van der Waals surface area contributed by atoms with Gasteiger partial charge in [-0.1, -0.05) is 12.1 Å². The van der Waals surface area contributed by atoms with Gasteiger partial charge in [-0.25, -0.2) is 4.79 Å². The molecular formula is C27H20F6N8O3. The molecule has 2 aromatic carbocycles. The molecule has 0 atom stereocenters. The molecule has 228 valence electrons. The normalized spacial score (nSPS) is 11.9. The predicted molar refractivity (Wildman–Crippen MR) is 145 cm³/mol. The highest BCUT2D eigenvalue weighted by Crippen LogP contribution is 2.34. The first-order chi connectivity index (χ1) is 20.6. The number of hydrogen-bond donors (Lipinski definition) is 4. The second-order valence-corrected chi connectivity index (χ2v) is 9.43. The molecule has 6 aromatic rings. The zero-order valence-electron chi connectivity index (χ0n) is 22.5. The molecule has 0 fully saturated rings. The van der Waals surface area contributed by atoms with Crippen molar-refractivity contribution in [1.29, 1.82) is 0 Å². The summed E-state index contributed by atoms with van der Waals surface area (Å²) in [4.78, 5) is 26.3. The summed E-state index contributed by atoms with van der Waals surface area (Å²) in [5.41, 5.74) is 0.796. The maximum absolute atomic E-state index is 13.0. The molecule has 17 heteroatoms. The van der Waals surface area contributed by atoms with Crippen LogP contribution in [0.1, 0.15) is 32.4 Å². The number of amides is 1. The number of hydrogen-bond acceptors (Lipinski definition) is 5. The van der Waals surface area contributed by atoms with E-state index in [0.29, 0.717) is 27.3 Å². The van der Waals surface area contributed by atoms with E-state index in [1.54, 1.807) is 12.3 Å². The predicted octanol–water partition coefficient (Wildman–Crippen LogP) is 5.85. The fourth-order valence-electron chi connectivity index (χ4n) is 4.46. The molecule has 0 aliphatic carbocycles. The van der Waals surface area contributed by atoms with Crippen LogP contribution < -0.4 is 5.32 Å². The number of alkyl halides is 6. The van der Waals surface area contributed by atoms with Crippen molar-refractivity contribution in [3.8, 4) is 11.1 Å². The standard InChI is InChI=1S/C21H15F3N6O.C6H5F3N2O2/c1-30-18(9-19(29-30)21(22,23)24)20(31)27-16-7-11(8-17-14(16)10-26-28-17)12-3-2-4-15-13(12)5-6-25-15;1-11-3(5(12)13)2-4(10-11)6(7,8)9/h2-10,25H,1H3,(H,26,28)(H,27,31);2H,1H3,(H,12,13). The van der Waals surface area contributed by atoms with Crippen LogP contribution in [0.5, 0.6) is 0 Å². The highest BCUT2D eigenvalue weighted by atomic mass is 19.4. The number of nitrogens with zero attached hydrogens (tertiary/aromatic N) is 5. The summed E-state index contributed by atoms with van der Waals surface area (Å²) in [6.45, 7) is 0. The van der Waals surface area contributed by atoms with Crippen molar-refractivity contribution in [2.24, 2.45) is 14.1 Å². The van der Waals surface area contributed by atoms with Gasteiger partial charge in [0.15, 0.2) is 11.4 Å². The van der Waals surface area contributed by atoms with Crippen LogP contribution in [0.15, 0.2) is 60.9 Å². The topological polar surface area (TPSA) is 147 Å². The van der Waals surface area contributed by atoms with Crippen LogP contribution in [-0.4, -0.2) is 51.7 Å². The number of carboxylic acids is 1. The first kappa shape index (κ1) is 29.9. The second kappa shape index (κ2) is 10.9. The Hall–Kier alpha value is -5.61. The van der Waals surface area contributed by atoms with Crippen LogP contribution in [0, 0.1) is 0 Å². The number of carbonyl (C=O) groups is 2. The van der Waals surface area contributed by atoms with E-state index in [4.69, 9.17) is 5.11 Å². The van der Waals surface area contributed by atoms with Crippen LogP contribution in [0.3, 0.4) is 0 Å². The summed E-state index contributed by atoms with van der Waals surface area (Å²) in [7, 11) is 2.43. The minimum atomic E-state index is -4.64. The van der Waals surface area contributed by atoms with Crippen molar-refractivity contribution in [2.75, 3.05) is 5.32 Å². The van der Waals surface area contributed by atoms with Crippen LogP contribution in [0.4, 0.5) is 32.0 Å². The van der Waals surface area contributed by atoms with Gasteiger partial charge in [-0.15, -0.1) is 0 Å². The molecule has 0 aliphatic heterocycles. The molecule has 44 heavy (non-hydrogen) atoms. The molecule has 4 heterocycles. The van der Waals surface area contributed by atoms with E-state index < -0.39 is 41.3 Å². The maximum atomic E-state index is 13.0. The van der Waals surface area contributed by atoms with Gasteiger partial charge in [-0.3, -0.25) is 19.3 Å². The zero-order valence-corrected chi connectivity index (χ0v) is 22.5. The van der Waals surface area contributed by atoms with Gasteiger partial charge in [0.05, 0.1) is 17.4 Å². The highest BCUT2D eigenvalue weighted by Gasteiger charge is 2.36. The minimum absolute atomic E-state index is 0.206. The van der Waals surface area contributed by atoms with E-state index in [1.807, 2.05) is 36.5 Å². The lowest BCUT2D eigenvalue weighted by Crippen LogP contribution is -2.16. The van der Waals surface area contributed by atoms with E-state index in [9.17, 15) is 35.9 Å². The van der Waals surface area contributed by atoms with E-state index in [0.717, 1.165) is 39.8 Å². The average Bonchev–Trinajstić information content (AvgIpc) is 3.73. The molecule has 4 N–H and O–H groups in total. The summed E-state index contributed by atoms with van der Waals surface area (Å²) >= 11 is 0. The van der Waals surface area contributed by atoms with Crippen molar-refractivity contribution in [3.63, 3.8) is 0 Å². The smallest absolute Gasteiger partial charge is 0.435 e. The van der Waals surface area contributed by atoms with Gasteiger partial charge < -0.3 is 15.4 Å². The lowest BCUT2D eigenvalue weighted by Gasteiger charge is -2.10. The van der Waals surface area contributed by atoms with E-state index >= 15 is 0 Å². The van der Waals surface area contributed by atoms with Crippen molar-refractivity contribution in [3.05, 3.63) is 83.7 Å². The van der Waals surface area contributed by atoms with Crippen LogP contribution >= 0.6 is 0 Å². The Bertz CT molecular complexity index is 2020. The number of halogens is 6. The molecular weight excluding hydrogens is 598 g/mol. The second-order valence-electron chi connectivity index (χ2n) is 9.43. The fourth-order valence-corrected chi connectivity index (χ4v) is 4.46. The van der Waals surface area contributed by atoms with Crippen molar-refractivity contribution < 1.29 is 41.0 Å². The quantitative estimate of drug-likeness (QED) is 0.182. The van der Waals surface area contributed by atoms with Crippen molar-refractivity contribution in [2.45, 2.75) is 12.4 Å². The molecule has 6 rings (SSSR count). The lowest BCUT2D eigenvalue weighted by atomic mass is 9.99. The van der Waals surface area contributed by atoms with Crippen LogP contribution in [0.25, 0.3) is 32.9 Å². The first-order valence-corrected chi connectivity index (χ1v) is 12.4. The van der Waals surface area contributed by atoms with Crippen LogP contribution in [0.2, 0.25) is 0 Å². The SMILES string of the molecule is Cn1nc(C(F)(F)F)cc1C(=O)Nc1cc(-c2cccc3[nH]ccc23)cc2[nH]ncc12.Cn1nc(C(F)(F)F)cc1C(=O)O. The van der Waals surface area contributed by atoms with Crippen molar-refractivity contribution in [1.82, 2.24) is 34.7 Å². The molecule has 0 spiro atoms. The Morgan fingerprint density at radius 3 is 2.07 bits per heavy atom. The molecule has 0 bridgehead atoms. The Morgan fingerprint density at radius 2 is 1.48 bits per heavy atom. The van der Waals surface area contributed by atoms with Crippen molar-refractivity contribution >= 4 is 39.4 Å². The zero-order chi connectivity index (χ0) is 32.0. The summed E-state index contributed by atoms with van der Waals surface area (Å²) in [6, 6.07) is 12.7. The summed E-state index contributed by atoms with van der Waals surface area (Å²) in [5, 5.41) is 26.1. The number of carbonyl (C=O) groups excluding carboxylic acids is 1.